The van der Waals surface area contributed by atoms with E-state index in [0.29, 0.717) is 69.1 Å². The number of imidazole rings is 1. The van der Waals surface area contributed by atoms with Crippen molar-refractivity contribution in [3.05, 3.63) is 24.0 Å². The van der Waals surface area contributed by atoms with E-state index in [1.165, 1.54) is 11.7 Å². The van der Waals surface area contributed by atoms with Gasteiger partial charge in [-0.15, -0.1) is 0 Å². The van der Waals surface area contributed by atoms with Gasteiger partial charge < -0.3 is 19.3 Å². The van der Waals surface area contributed by atoms with Crippen LogP contribution in [0.2, 0.25) is 0 Å². The Hall–Kier alpha value is -3.01. The fourth-order valence-corrected chi connectivity index (χ4v) is 4.53. The van der Waals surface area contributed by atoms with Crippen molar-refractivity contribution in [3.8, 4) is 11.7 Å². The van der Waals surface area contributed by atoms with Gasteiger partial charge in [0.15, 0.2) is 5.82 Å². The number of morpholine rings is 1. The molecule has 35 heavy (non-hydrogen) atoms. The molecule has 2 fully saturated rings. The van der Waals surface area contributed by atoms with Crippen molar-refractivity contribution < 1.29 is 27.0 Å². The molecule has 15 heteroatoms. The molecule has 1 aromatic carbocycles. The van der Waals surface area contributed by atoms with Gasteiger partial charge in [0, 0.05) is 38.6 Å². The molecular weight excluding hydrogens is 486 g/mol. The Kier molecular flexibility index (Phi) is 6.73. The molecule has 0 saturated carbocycles. The Labute approximate surface area is 201 Å². The van der Waals surface area contributed by atoms with E-state index in [4.69, 9.17) is 14.0 Å². The van der Waals surface area contributed by atoms with Crippen molar-refractivity contribution in [3.63, 3.8) is 0 Å². The summed E-state index contributed by atoms with van der Waals surface area (Å²) in [5, 5.41) is 0. The number of nitrogens with one attached hydrogen (secondary N) is 1. The van der Waals surface area contributed by atoms with E-state index in [-0.39, 0.29) is 17.4 Å². The van der Waals surface area contributed by atoms with Gasteiger partial charge in [-0.1, -0.05) is 6.07 Å². The molecule has 12 nitrogen and oxygen atoms in total. The van der Waals surface area contributed by atoms with Crippen LogP contribution >= 0.6 is 0 Å². The molecule has 1 atom stereocenters. The van der Waals surface area contributed by atoms with Crippen LogP contribution < -0.4 is 19.3 Å². The predicted molar refractivity (Wildman–Crippen MR) is 123 cm³/mol. The van der Waals surface area contributed by atoms with Crippen LogP contribution in [0.1, 0.15) is 12.2 Å². The molecule has 2 saturated heterocycles. The highest BCUT2D eigenvalue weighted by Gasteiger charge is 2.32. The Morgan fingerprint density at radius 2 is 1.83 bits per heavy atom. The second kappa shape index (κ2) is 9.93. The van der Waals surface area contributed by atoms with Crippen LogP contribution in [0.25, 0.3) is 17.0 Å². The topological polar surface area (TPSA) is 131 Å². The zero-order chi connectivity index (χ0) is 24.5. The van der Waals surface area contributed by atoms with Gasteiger partial charge in [-0.25, -0.2) is 22.7 Å². The first kappa shape index (κ1) is 23.7. The lowest BCUT2D eigenvalue weighted by Gasteiger charge is -2.39. The molecule has 0 radical (unpaired) electrons. The van der Waals surface area contributed by atoms with Crippen molar-refractivity contribution in [2.45, 2.75) is 6.43 Å². The summed E-state index contributed by atoms with van der Waals surface area (Å²) in [6.45, 7) is 3.54. The zero-order valence-corrected chi connectivity index (χ0v) is 19.6. The number of alkyl halides is 2. The first-order valence-corrected chi connectivity index (χ1v) is 12.1. The maximum atomic E-state index is 14.1. The number of ether oxygens (including phenoxy) is 2. The standard InChI is InChI=1S/C20H24F2N8O4S/c1-33-14-4-2-3-13-15(14)24-17(16(21)22)30(13)20-26-18(28-5-7-34-8-6-28)25-19(27-20)29-10-12(11-29)9-23-35(31)32/h2-4,12,16,23H,5-11H2,1H3,(H,31,32). The summed E-state index contributed by atoms with van der Waals surface area (Å²) in [6.07, 6.45) is -2.88. The number of hydrogen-bond donors (Lipinski definition) is 2. The summed E-state index contributed by atoms with van der Waals surface area (Å²) >= 11 is -2.08. The predicted octanol–water partition coefficient (Wildman–Crippen LogP) is 1.16. The molecule has 0 amide bonds. The van der Waals surface area contributed by atoms with E-state index >= 15 is 0 Å². The number of fused-ring (bicyclic) bond motifs is 1. The summed E-state index contributed by atoms with van der Waals surface area (Å²) in [5.41, 5.74) is 0.674. The largest absolute Gasteiger partial charge is 0.494 e. The molecule has 0 spiro atoms. The van der Waals surface area contributed by atoms with E-state index in [9.17, 15) is 13.0 Å². The van der Waals surface area contributed by atoms with Crippen molar-refractivity contribution in [2.24, 2.45) is 5.92 Å². The van der Waals surface area contributed by atoms with Gasteiger partial charge in [0.25, 0.3) is 6.43 Å². The lowest BCUT2D eigenvalue weighted by molar-refractivity contribution is 0.122. The van der Waals surface area contributed by atoms with Crippen LogP contribution in [0.5, 0.6) is 5.75 Å². The highest BCUT2D eigenvalue weighted by molar-refractivity contribution is 7.77. The summed E-state index contributed by atoms with van der Waals surface area (Å²) < 4.78 is 62.5. The van der Waals surface area contributed by atoms with Crippen LogP contribution in [-0.2, 0) is 16.0 Å². The number of aromatic nitrogens is 5. The zero-order valence-electron chi connectivity index (χ0n) is 18.8. The monoisotopic (exact) mass is 510 g/mol. The molecule has 2 N–H and O–H groups in total. The minimum Gasteiger partial charge on any atom is -0.494 e. The lowest BCUT2D eigenvalue weighted by Crippen LogP contribution is -2.52. The molecule has 5 rings (SSSR count). The fourth-order valence-electron chi connectivity index (χ4n) is 4.15. The molecule has 2 aromatic heterocycles. The minimum absolute atomic E-state index is 0.0283. The Morgan fingerprint density at radius 1 is 1.14 bits per heavy atom. The number of methoxy groups -OCH3 is 1. The van der Waals surface area contributed by atoms with Gasteiger partial charge >= 0.3 is 0 Å². The maximum absolute atomic E-state index is 14.1. The van der Waals surface area contributed by atoms with E-state index in [2.05, 4.69) is 24.7 Å². The molecule has 2 aliphatic rings. The third kappa shape index (κ3) is 4.76. The van der Waals surface area contributed by atoms with Gasteiger partial charge in [0.1, 0.15) is 11.3 Å². The summed E-state index contributed by atoms with van der Waals surface area (Å²) in [4.78, 5) is 21.6. The molecule has 4 heterocycles. The number of benzene rings is 1. The number of rotatable bonds is 8. The second-order valence-corrected chi connectivity index (χ2v) is 8.92. The third-order valence-electron chi connectivity index (χ3n) is 5.92. The first-order chi connectivity index (χ1) is 16.9. The Bertz CT molecular complexity index is 1230. The van der Waals surface area contributed by atoms with E-state index in [0.717, 1.165) is 0 Å². The van der Waals surface area contributed by atoms with Crippen molar-refractivity contribution in [2.75, 3.05) is 62.8 Å². The van der Waals surface area contributed by atoms with Gasteiger partial charge in [-0.2, -0.15) is 15.0 Å². The third-order valence-corrected chi connectivity index (χ3v) is 6.33. The lowest BCUT2D eigenvalue weighted by atomic mass is 10.0. The molecule has 3 aromatic rings. The number of halogens is 2. The highest BCUT2D eigenvalue weighted by atomic mass is 32.2. The van der Waals surface area contributed by atoms with Crippen LogP contribution in [0, 0.1) is 5.92 Å². The van der Waals surface area contributed by atoms with Crippen LogP contribution in [0.4, 0.5) is 20.7 Å². The first-order valence-electron chi connectivity index (χ1n) is 11.0. The molecule has 0 bridgehead atoms. The van der Waals surface area contributed by atoms with Gasteiger partial charge in [0.05, 0.1) is 25.8 Å². The summed E-state index contributed by atoms with van der Waals surface area (Å²) in [7, 11) is 1.45. The van der Waals surface area contributed by atoms with Crippen molar-refractivity contribution in [1.29, 1.82) is 0 Å². The van der Waals surface area contributed by atoms with Crippen molar-refractivity contribution in [1.82, 2.24) is 29.2 Å². The Morgan fingerprint density at radius 3 is 2.49 bits per heavy atom. The molecule has 188 valence electrons. The number of nitrogens with zero attached hydrogens (tertiary/aromatic N) is 7. The van der Waals surface area contributed by atoms with Crippen LogP contribution in [-0.4, -0.2) is 86.3 Å². The highest BCUT2D eigenvalue weighted by Crippen LogP contribution is 2.33. The maximum Gasteiger partial charge on any atom is 0.296 e. The van der Waals surface area contributed by atoms with E-state index in [1.807, 2.05) is 9.80 Å². The average molecular weight is 511 g/mol. The Balaban J connectivity index is 1.57. The van der Waals surface area contributed by atoms with Crippen LogP contribution in [0.3, 0.4) is 0 Å². The normalized spacial score (nSPS) is 17.7. The average Bonchev–Trinajstić information content (AvgIpc) is 3.23. The molecule has 0 aliphatic carbocycles. The van der Waals surface area contributed by atoms with Gasteiger partial charge in [-0.3, -0.25) is 9.12 Å². The molecular formula is C20H24F2N8O4S. The number of para-hydroxylation sites is 1. The van der Waals surface area contributed by atoms with E-state index < -0.39 is 23.5 Å². The molecule has 1 unspecified atom stereocenters. The van der Waals surface area contributed by atoms with Crippen LogP contribution in [0.15, 0.2) is 18.2 Å². The fraction of sp³-hybridized carbons (Fsp3) is 0.500. The smallest absolute Gasteiger partial charge is 0.296 e. The summed E-state index contributed by atoms with van der Waals surface area (Å²) in [5.74, 6) is 0.712. The molecule has 2 aliphatic heterocycles. The number of anilines is 2. The van der Waals surface area contributed by atoms with Gasteiger partial charge in [-0.05, 0) is 12.1 Å². The van der Waals surface area contributed by atoms with Gasteiger partial charge in [0.2, 0.25) is 29.1 Å². The van der Waals surface area contributed by atoms with E-state index in [1.54, 1.807) is 18.2 Å². The quantitative estimate of drug-likeness (QED) is 0.426. The minimum atomic E-state index is -2.88. The summed E-state index contributed by atoms with van der Waals surface area (Å²) in [6, 6.07) is 5.01. The SMILES string of the molecule is COc1cccc2c1nc(C(F)F)n2-c1nc(N2CCOCC2)nc(N2CC(CNS(=O)O)C2)n1. The van der Waals surface area contributed by atoms with Crippen molar-refractivity contribution >= 4 is 34.2 Å². The second-order valence-electron chi connectivity index (χ2n) is 8.14. The number of hydrogen-bond acceptors (Lipinski definition) is 9.